The lowest BCUT2D eigenvalue weighted by atomic mass is 9.99. The summed E-state index contributed by atoms with van der Waals surface area (Å²) in [6, 6.07) is 1.61. The van der Waals surface area contributed by atoms with Gasteiger partial charge in [0.1, 0.15) is 0 Å². The zero-order valence-electron chi connectivity index (χ0n) is 10.7. The largest absolute Gasteiger partial charge is 0.325 e. The number of piperidine rings is 1. The van der Waals surface area contributed by atoms with Crippen molar-refractivity contribution in [3.05, 3.63) is 0 Å². The van der Waals surface area contributed by atoms with Crippen molar-refractivity contribution in [2.75, 3.05) is 39.3 Å². The second-order valence-corrected chi connectivity index (χ2v) is 5.39. The van der Waals surface area contributed by atoms with Gasteiger partial charge in [-0.15, -0.1) is 0 Å². The van der Waals surface area contributed by atoms with Crippen molar-refractivity contribution in [3.63, 3.8) is 0 Å². The first-order chi connectivity index (χ1) is 7.68. The summed E-state index contributed by atoms with van der Waals surface area (Å²) in [5.74, 6) is 0. The van der Waals surface area contributed by atoms with Crippen LogP contribution in [-0.4, -0.2) is 67.2 Å². The van der Waals surface area contributed by atoms with E-state index in [0.29, 0.717) is 18.1 Å². The molecule has 2 unspecified atom stereocenters. The Balaban J connectivity index is 1.83. The average Bonchev–Trinajstić information content (AvgIpc) is 2.30. The lowest BCUT2D eigenvalue weighted by molar-refractivity contribution is 0.0594. The molecule has 0 spiro atoms. The van der Waals surface area contributed by atoms with Crippen molar-refractivity contribution in [2.24, 2.45) is 5.73 Å². The first-order valence-electron chi connectivity index (χ1n) is 6.63. The summed E-state index contributed by atoms with van der Waals surface area (Å²) in [7, 11) is 0. The predicted molar refractivity (Wildman–Crippen MR) is 67.5 cm³/mol. The number of hydrogen-bond donors (Lipinski definition) is 2. The minimum atomic E-state index is 0.319. The van der Waals surface area contributed by atoms with Gasteiger partial charge >= 0.3 is 0 Å². The van der Waals surface area contributed by atoms with E-state index in [1.807, 2.05) is 0 Å². The fraction of sp³-hybridized carbons (Fsp3) is 1.00. The van der Waals surface area contributed by atoms with Crippen LogP contribution >= 0.6 is 0 Å². The maximum absolute atomic E-state index is 6.19. The van der Waals surface area contributed by atoms with E-state index in [2.05, 4.69) is 29.0 Å². The number of hydrogen-bond acceptors (Lipinski definition) is 4. The molecule has 0 aromatic carbocycles. The van der Waals surface area contributed by atoms with Crippen LogP contribution in [0.5, 0.6) is 0 Å². The van der Waals surface area contributed by atoms with Crippen LogP contribution in [0.1, 0.15) is 20.3 Å². The van der Waals surface area contributed by atoms with Crippen molar-refractivity contribution < 1.29 is 0 Å². The Labute approximate surface area is 99.2 Å². The van der Waals surface area contributed by atoms with Gasteiger partial charge < -0.3 is 11.1 Å². The van der Waals surface area contributed by atoms with E-state index in [1.54, 1.807) is 0 Å². The van der Waals surface area contributed by atoms with Crippen molar-refractivity contribution >= 4 is 0 Å². The summed E-state index contributed by atoms with van der Waals surface area (Å²) in [6.45, 7) is 11.5. The Kier molecular flexibility index (Phi) is 4.19. The van der Waals surface area contributed by atoms with Crippen LogP contribution in [0.25, 0.3) is 0 Å². The lowest BCUT2D eigenvalue weighted by Crippen LogP contribution is -2.61. The summed E-state index contributed by atoms with van der Waals surface area (Å²) in [4.78, 5) is 5.16. The first-order valence-corrected chi connectivity index (χ1v) is 6.63. The molecule has 16 heavy (non-hydrogen) atoms. The van der Waals surface area contributed by atoms with E-state index < -0.39 is 0 Å². The molecule has 0 saturated carbocycles. The van der Waals surface area contributed by atoms with Crippen LogP contribution in [0.3, 0.4) is 0 Å². The fourth-order valence-electron chi connectivity index (χ4n) is 2.91. The van der Waals surface area contributed by atoms with Gasteiger partial charge in [-0.1, -0.05) is 0 Å². The minimum absolute atomic E-state index is 0.319. The molecule has 0 aromatic rings. The molecule has 3 N–H and O–H groups in total. The molecule has 4 nitrogen and oxygen atoms in total. The SMILES string of the molecule is CC(C)N1CCN(C2CCNCC2N)CC1. The number of piperazine rings is 1. The molecule has 0 aliphatic carbocycles. The van der Waals surface area contributed by atoms with Gasteiger partial charge in [0.2, 0.25) is 0 Å². The van der Waals surface area contributed by atoms with Crippen molar-refractivity contribution in [1.29, 1.82) is 0 Å². The molecular weight excluding hydrogens is 200 g/mol. The van der Waals surface area contributed by atoms with E-state index in [9.17, 15) is 0 Å². The zero-order valence-corrected chi connectivity index (χ0v) is 10.7. The molecular formula is C12H26N4. The predicted octanol–water partition coefficient (Wildman–Crippen LogP) is -0.298. The van der Waals surface area contributed by atoms with E-state index in [4.69, 9.17) is 5.73 Å². The van der Waals surface area contributed by atoms with Crippen LogP contribution in [0.2, 0.25) is 0 Å². The fourth-order valence-corrected chi connectivity index (χ4v) is 2.91. The average molecular weight is 226 g/mol. The van der Waals surface area contributed by atoms with Gasteiger partial charge in [0.25, 0.3) is 0 Å². The molecule has 2 aliphatic rings. The normalized spacial score (nSPS) is 34.5. The van der Waals surface area contributed by atoms with Gasteiger partial charge in [-0.2, -0.15) is 0 Å². The molecule has 94 valence electrons. The highest BCUT2D eigenvalue weighted by Crippen LogP contribution is 2.15. The third-order valence-electron chi connectivity index (χ3n) is 4.04. The standard InChI is InChI=1S/C12H26N4/c1-10(2)15-5-7-16(8-6-15)12-3-4-14-9-11(12)13/h10-12,14H,3-9,13H2,1-2H3. The smallest absolute Gasteiger partial charge is 0.0324 e. The molecule has 0 amide bonds. The summed E-state index contributed by atoms with van der Waals surface area (Å²) in [5.41, 5.74) is 6.19. The van der Waals surface area contributed by atoms with Gasteiger partial charge in [0.15, 0.2) is 0 Å². The van der Waals surface area contributed by atoms with Crippen LogP contribution in [0.4, 0.5) is 0 Å². The molecule has 2 rings (SSSR count). The Morgan fingerprint density at radius 3 is 2.44 bits per heavy atom. The van der Waals surface area contributed by atoms with Crippen LogP contribution in [-0.2, 0) is 0 Å². The molecule has 2 saturated heterocycles. The topological polar surface area (TPSA) is 44.5 Å². The molecule has 2 fully saturated rings. The van der Waals surface area contributed by atoms with E-state index >= 15 is 0 Å². The number of nitrogens with one attached hydrogen (secondary N) is 1. The molecule has 0 bridgehead atoms. The van der Waals surface area contributed by atoms with Gasteiger partial charge in [-0.3, -0.25) is 9.80 Å². The van der Waals surface area contributed by atoms with E-state index in [1.165, 1.54) is 32.6 Å². The summed E-state index contributed by atoms with van der Waals surface area (Å²) >= 11 is 0. The number of rotatable bonds is 2. The Bertz CT molecular complexity index is 211. The van der Waals surface area contributed by atoms with Crippen LogP contribution in [0, 0.1) is 0 Å². The van der Waals surface area contributed by atoms with Gasteiger partial charge in [-0.05, 0) is 26.8 Å². The first kappa shape index (κ1) is 12.3. The second-order valence-electron chi connectivity index (χ2n) is 5.39. The van der Waals surface area contributed by atoms with Gasteiger partial charge in [0.05, 0.1) is 0 Å². The number of nitrogens with zero attached hydrogens (tertiary/aromatic N) is 2. The van der Waals surface area contributed by atoms with Crippen molar-refractivity contribution in [1.82, 2.24) is 15.1 Å². The maximum atomic E-state index is 6.19. The van der Waals surface area contributed by atoms with Crippen molar-refractivity contribution in [2.45, 2.75) is 38.4 Å². The highest BCUT2D eigenvalue weighted by Gasteiger charge is 2.30. The summed E-state index contributed by atoms with van der Waals surface area (Å²) in [6.07, 6.45) is 1.21. The molecule has 4 heteroatoms. The summed E-state index contributed by atoms with van der Waals surface area (Å²) in [5, 5.41) is 3.37. The second kappa shape index (κ2) is 5.45. The highest BCUT2D eigenvalue weighted by atomic mass is 15.3. The van der Waals surface area contributed by atoms with Gasteiger partial charge in [0, 0.05) is 50.8 Å². The van der Waals surface area contributed by atoms with E-state index in [0.717, 1.165) is 13.1 Å². The molecule has 2 atom stereocenters. The molecule has 0 aromatic heterocycles. The van der Waals surface area contributed by atoms with Gasteiger partial charge in [-0.25, -0.2) is 0 Å². The number of nitrogens with two attached hydrogens (primary N) is 1. The third kappa shape index (κ3) is 2.74. The Morgan fingerprint density at radius 1 is 1.19 bits per heavy atom. The zero-order chi connectivity index (χ0) is 11.5. The Hall–Kier alpha value is -0.160. The molecule has 2 aliphatic heterocycles. The minimum Gasteiger partial charge on any atom is -0.325 e. The van der Waals surface area contributed by atoms with Crippen LogP contribution < -0.4 is 11.1 Å². The van der Waals surface area contributed by atoms with Crippen molar-refractivity contribution in [3.8, 4) is 0 Å². The quantitative estimate of drug-likeness (QED) is 0.679. The summed E-state index contributed by atoms with van der Waals surface area (Å²) < 4.78 is 0. The monoisotopic (exact) mass is 226 g/mol. The Morgan fingerprint density at radius 2 is 1.88 bits per heavy atom. The highest BCUT2D eigenvalue weighted by molar-refractivity contribution is 4.90. The molecule has 2 heterocycles. The van der Waals surface area contributed by atoms with Crippen LogP contribution in [0.15, 0.2) is 0 Å². The third-order valence-corrected chi connectivity index (χ3v) is 4.04. The maximum Gasteiger partial charge on any atom is 0.0324 e. The lowest BCUT2D eigenvalue weighted by Gasteiger charge is -2.44. The molecule has 0 radical (unpaired) electrons. The van der Waals surface area contributed by atoms with E-state index in [-0.39, 0.29) is 0 Å².